The van der Waals surface area contributed by atoms with Crippen molar-refractivity contribution in [1.82, 2.24) is 4.98 Å². The van der Waals surface area contributed by atoms with Crippen molar-refractivity contribution in [3.8, 4) is 27.6 Å². The highest BCUT2D eigenvalue weighted by Crippen LogP contribution is 2.31. The van der Waals surface area contributed by atoms with Gasteiger partial charge in [0.15, 0.2) is 11.6 Å². The van der Waals surface area contributed by atoms with Gasteiger partial charge >= 0.3 is 0 Å². The molecule has 0 aliphatic carbocycles. The average molecular weight is 289 g/mol. The summed E-state index contributed by atoms with van der Waals surface area (Å²) in [5.41, 5.74) is 1.25. The number of hydrogen-bond acceptors (Lipinski definition) is 3. The van der Waals surface area contributed by atoms with Crippen molar-refractivity contribution in [2.75, 3.05) is 0 Å². The standard InChI is InChI=1S/C15H9F2NOS/c16-12-6-2-5-11(14(12)17)13-8-20-15(18-13)9-3-1-4-10(19)7-9/h1-8,19H. The summed E-state index contributed by atoms with van der Waals surface area (Å²) in [6.45, 7) is 0. The lowest BCUT2D eigenvalue weighted by Gasteiger charge is -2.00. The molecule has 0 aliphatic rings. The van der Waals surface area contributed by atoms with Crippen LogP contribution in [0.5, 0.6) is 5.75 Å². The lowest BCUT2D eigenvalue weighted by atomic mass is 10.1. The number of thiazole rings is 1. The van der Waals surface area contributed by atoms with E-state index in [2.05, 4.69) is 4.98 Å². The Bertz CT molecular complexity index is 770. The first-order valence-corrected chi connectivity index (χ1v) is 6.72. The lowest BCUT2D eigenvalue weighted by molar-refractivity contribution is 0.475. The summed E-state index contributed by atoms with van der Waals surface area (Å²) in [7, 11) is 0. The fourth-order valence-electron chi connectivity index (χ4n) is 1.87. The van der Waals surface area contributed by atoms with Gasteiger partial charge in [-0.15, -0.1) is 11.3 Å². The number of aromatic nitrogens is 1. The van der Waals surface area contributed by atoms with Crippen molar-refractivity contribution in [1.29, 1.82) is 0 Å². The number of nitrogens with zero attached hydrogens (tertiary/aromatic N) is 1. The Morgan fingerprint density at radius 1 is 1.05 bits per heavy atom. The summed E-state index contributed by atoms with van der Waals surface area (Å²) in [5.74, 6) is -1.66. The molecule has 2 nitrogen and oxygen atoms in total. The third-order valence-corrected chi connectivity index (χ3v) is 3.72. The highest BCUT2D eigenvalue weighted by Gasteiger charge is 2.13. The zero-order valence-corrected chi connectivity index (χ0v) is 11.0. The molecule has 100 valence electrons. The van der Waals surface area contributed by atoms with Crippen LogP contribution in [0.3, 0.4) is 0 Å². The van der Waals surface area contributed by atoms with Gasteiger partial charge in [-0.3, -0.25) is 0 Å². The summed E-state index contributed by atoms with van der Waals surface area (Å²) in [5, 5.41) is 11.7. The molecule has 0 radical (unpaired) electrons. The van der Waals surface area contributed by atoms with Crippen molar-refractivity contribution in [3.63, 3.8) is 0 Å². The first-order valence-electron chi connectivity index (χ1n) is 5.84. The summed E-state index contributed by atoms with van der Waals surface area (Å²) in [6, 6.07) is 10.6. The molecule has 0 spiro atoms. The van der Waals surface area contributed by atoms with E-state index in [-0.39, 0.29) is 11.3 Å². The lowest BCUT2D eigenvalue weighted by Crippen LogP contribution is -1.89. The highest BCUT2D eigenvalue weighted by molar-refractivity contribution is 7.13. The third kappa shape index (κ3) is 2.28. The van der Waals surface area contributed by atoms with Gasteiger partial charge in [0.25, 0.3) is 0 Å². The average Bonchev–Trinajstić information content (AvgIpc) is 2.91. The van der Waals surface area contributed by atoms with E-state index in [0.717, 1.165) is 11.6 Å². The Labute approximate surface area is 118 Å². The van der Waals surface area contributed by atoms with Crippen molar-refractivity contribution in [2.45, 2.75) is 0 Å². The first kappa shape index (κ1) is 12.7. The van der Waals surface area contributed by atoms with Crippen LogP contribution < -0.4 is 0 Å². The van der Waals surface area contributed by atoms with E-state index in [9.17, 15) is 13.9 Å². The van der Waals surface area contributed by atoms with Crippen LogP contribution in [-0.4, -0.2) is 10.1 Å². The van der Waals surface area contributed by atoms with Crippen LogP contribution in [0.1, 0.15) is 0 Å². The second kappa shape index (κ2) is 5.02. The molecule has 0 aliphatic heterocycles. The Balaban J connectivity index is 2.04. The Morgan fingerprint density at radius 2 is 1.85 bits per heavy atom. The largest absolute Gasteiger partial charge is 0.508 e. The smallest absolute Gasteiger partial charge is 0.168 e. The molecule has 1 aromatic heterocycles. The highest BCUT2D eigenvalue weighted by atomic mass is 32.1. The minimum atomic E-state index is -0.903. The van der Waals surface area contributed by atoms with Gasteiger partial charge in [0.1, 0.15) is 10.8 Å². The number of rotatable bonds is 2. The second-order valence-electron chi connectivity index (χ2n) is 4.19. The second-order valence-corrected chi connectivity index (χ2v) is 5.05. The molecular formula is C15H9F2NOS. The molecule has 0 fully saturated rings. The van der Waals surface area contributed by atoms with Crippen LogP contribution in [0.25, 0.3) is 21.8 Å². The van der Waals surface area contributed by atoms with Crippen molar-refractivity contribution in [2.24, 2.45) is 0 Å². The molecule has 20 heavy (non-hydrogen) atoms. The molecule has 5 heteroatoms. The van der Waals surface area contributed by atoms with Crippen LogP contribution in [0.4, 0.5) is 8.78 Å². The quantitative estimate of drug-likeness (QED) is 0.755. The molecule has 0 atom stereocenters. The van der Waals surface area contributed by atoms with Gasteiger partial charge in [0.2, 0.25) is 0 Å². The zero-order chi connectivity index (χ0) is 14.1. The fraction of sp³-hybridized carbons (Fsp3) is 0. The number of phenolic OH excluding ortho intramolecular Hbond substituents is 1. The zero-order valence-electron chi connectivity index (χ0n) is 10.2. The van der Waals surface area contributed by atoms with Crippen LogP contribution >= 0.6 is 11.3 Å². The first-order chi connectivity index (χ1) is 9.65. The monoisotopic (exact) mass is 289 g/mol. The van der Waals surface area contributed by atoms with Gasteiger partial charge in [0, 0.05) is 16.5 Å². The fourth-order valence-corrected chi connectivity index (χ4v) is 2.69. The van der Waals surface area contributed by atoms with Gasteiger partial charge < -0.3 is 5.11 Å². The molecule has 0 saturated heterocycles. The van der Waals surface area contributed by atoms with Gasteiger partial charge in [-0.05, 0) is 24.3 Å². The molecule has 1 N–H and O–H groups in total. The van der Waals surface area contributed by atoms with Crippen molar-refractivity contribution >= 4 is 11.3 Å². The SMILES string of the molecule is Oc1cccc(-c2nc(-c3cccc(F)c3F)cs2)c1. The minimum absolute atomic E-state index is 0.132. The number of hydrogen-bond donors (Lipinski definition) is 1. The van der Waals surface area contributed by atoms with Crippen LogP contribution in [0, 0.1) is 11.6 Å². The normalized spacial score (nSPS) is 10.7. The minimum Gasteiger partial charge on any atom is -0.508 e. The predicted octanol–water partition coefficient (Wildman–Crippen LogP) is 4.46. The molecule has 3 aromatic rings. The van der Waals surface area contributed by atoms with Gasteiger partial charge in [0.05, 0.1) is 5.69 Å². The topological polar surface area (TPSA) is 33.1 Å². The predicted molar refractivity (Wildman–Crippen MR) is 74.6 cm³/mol. The number of benzene rings is 2. The Kier molecular flexibility index (Phi) is 3.20. The van der Waals surface area contributed by atoms with Gasteiger partial charge in [-0.1, -0.05) is 18.2 Å². The van der Waals surface area contributed by atoms with Crippen molar-refractivity contribution < 1.29 is 13.9 Å². The molecule has 0 amide bonds. The van der Waals surface area contributed by atoms with E-state index >= 15 is 0 Å². The molecule has 2 aromatic carbocycles. The number of phenols is 1. The van der Waals surface area contributed by atoms with Gasteiger partial charge in [-0.2, -0.15) is 0 Å². The van der Waals surface area contributed by atoms with E-state index in [0.29, 0.717) is 10.7 Å². The number of aromatic hydroxyl groups is 1. The van der Waals surface area contributed by atoms with Gasteiger partial charge in [-0.25, -0.2) is 13.8 Å². The summed E-state index contributed by atoms with van der Waals surface area (Å²) >= 11 is 1.31. The van der Waals surface area contributed by atoms with Crippen LogP contribution in [0.2, 0.25) is 0 Å². The summed E-state index contributed by atoms with van der Waals surface area (Å²) in [4.78, 5) is 4.29. The molecule has 3 rings (SSSR count). The summed E-state index contributed by atoms with van der Waals surface area (Å²) < 4.78 is 26.9. The van der Waals surface area contributed by atoms with Crippen LogP contribution in [-0.2, 0) is 0 Å². The molecular weight excluding hydrogens is 280 g/mol. The van der Waals surface area contributed by atoms with E-state index in [1.807, 2.05) is 0 Å². The molecule has 0 saturated carbocycles. The summed E-state index contributed by atoms with van der Waals surface area (Å²) in [6.07, 6.45) is 0. The van der Waals surface area contributed by atoms with E-state index < -0.39 is 11.6 Å². The third-order valence-electron chi connectivity index (χ3n) is 2.82. The maximum atomic E-state index is 13.7. The number of halogens is 2. The Morgan fingerprint density at radius 3 is 2.65 bits per heavy atom. The Hall–Kier alpha value is -2.27. The molecule has 0 unspecified atom stereocenters. The molecule has 0 bridgehead atoms. The van der Waals surface area contributed by atoms with E-state index in [4.69, 9.17) is 0 Å². The maximum absolute atomic E-state index is 13.7. The van der Waals surface area contributed by atoms with Crippen LogP contribution in [0.15, 0.2) is 47.8 Å². The maximum Gasteiger partial charge on any atom is 0.168 e. The molecule has 1 heterocycles. The van der Waals surface area contributed by atoms with E-state index in [1.165, 1.54) is 23.5 Å². The van der Waals surface area contributed by atoms with Crippen molar-refractivity contribution in [3.05, 3.63) is 59.5 Å². The van der Waals surface area contributed by atoms with E-state index in [1.54, 1.807) is 29.6 Å².